The van der Waals surface area contributed by atoms with Gasteiger partial charge in [0.05, 0.1) is 20.7 Å². The number of hydroxylamine groups is 2. The molecule has 5 heteroatoms. The summed E-state index contributed by atoms with van der Waals surface area (Å²) in [6.45, 7) is 12.9. The lowest BCUT2D eigenvalue weighted by atomic mass is 9.90. The lowest BCUT2D eigenvalue weighted by Crippen LogP contribution is -2.43. The molecule has 1 aliphatic heterocycles. The van der Waals surface area contributed by atoms with Crippen molar-refractivity contribution in [3.63, 3.8) is 0 Å². The maximum atomic E-state index is 12.3. The Kier molecular flexibility index (Phi) is 5.54. The van der Waals surface area contributed by atoms with Crippen LogP contribution in [0, 0.1) is 0 Å². The van der Waals surface area contributed by atoms with Crippen LogP contribution >= 0.6 is 0 Å². The predicted octanol–water partition coefficient (Wildman–Crippen LogP) is 6.44. The van der Waals surface area contributed by atoms with E-state index in [2.05, 4.69) is 64.6 Å². The van der Waals surface area contributed by atoms with Crippen LogP contribution < -0.4 is 9.57 Å². The number of ether oxygens (including phenoxy) is 1. The Morgan fingerprint density at radius 1 is 1.00 bits per heavy atom. The van der Waals surface area contributed by atoms with Crippen LogP contribution in [0.1, 0.15) is 43.5 Å². The number of hydrogen-bond acceptors (Lipinski definition) is 4. The molecule has 4 rings (SSSR count). The third kappa shape index (κ3) is 3.57. The molecule has 166 valence electrons. The standard InChI is InChI=1S/C27H31NO3Si/c1-27(2,3)28-24(18-13-9-8-10-14-18)23-25(31-28)20-16-12-11-15-19(20)22(26(23)30-4)21(17-29)32(5,6)7/h8-16,24H,1-7H3. The molecule has 0 aliphatic carbocycles. The van der Waals surface area contributed by atoms with E-state index in [1.54, 1.807) is 7.11 Å². The first kappa shape index (κ1) is 22.3. The van der Waals surface area contributed by atoms with Crippen LogP contribution in [0.5, 0.6) is 11.5 Å². The second-order valence-corrected chi connectivity index (χ2v) is 15.3. The fourth-order valence-corrected chi connectivity index (χ4v) is 5.82. The van der Waals surface area contributed by atoms with Crippen LogP contribution in [-0.2, 0) is 4.79 Å². The van der Waals surface area contributed by atoms with Crippen molar-refractivity contribution in [3.05, 3.63) is 71.3 Å². The minimum Gasteiger partial charge on any atom is -0.496 e. The lowest BCUT2D eigenvalue weighted by molar-refractivity contribution is -0.128. The van der Waals surface area contributed by atoms with E-state index in [0.29, 0.717) is 5.75 Å². The minimum atomic E-state index is -2.02. The third-order valence-electron chi connectivity index (χ3n) is 5.94. The van der Waals surface area contributed by atoms with E-state index in [1.165, 1.54) is 0 Å². The number of rotatable bonds is 4. The molecular formula is C27H31NO3Si. The summed E-state index contributed by atoms with van der Waals surface area (Å²) in [5.74, 6) is 3.81. The molecule has 1 aliphatic rings. The first-order chi connectivity index (χ1) is 15.1. The van der Waals surface area contributed by atoms with E-state index in [1.807, 2.05) is 41.5 Å². The molecule has 0 amide bonds. The summed E-state index contributed by atoms with van der Waals surface area (Å²) >= 11 is 0. The number of carbonyl (C=O) groups excluding carboxylic acids is 1. The summed E-state index contributed by atoms with van der Waals surface area (Å²) in [6.07, 6.45) is 0. The molecule has 0 fully saturated rings. The Labute approximate surface area is 191 Å². The zero-order chi connectivity index (χ0) is 23.3. The fourth-order valence-electron chi connectivity index (χ4n) is 4.52. The number of fused-ring (bicyclic) bond motifs is 3. The Hall–Kier alpha value is -2.85. The normalized spacial score (nSPS) is 16.4. The van der Waals surface area contributed by atoms with Gasteiger partial charge >= 0.3 is 0 Å². The second kappa shape index (κ2) is 7.93. The van der Waals surface area contributed by atoms with E-state index < -0.39 is 8.07 Å². The molecule has 1 heterocycles. The monoisotopic (exact) mass is 445 g/mol. The van der Waals surface area contributed by atoms with Gasteiger partial charge in [-0.2, -0.15) is 0 Å². The van der Waals surface area contributed by atoms with Crippen LogP contribution in [0.15, 0.2) is 54.6 Å². The summed E-state index contributed by atoms with van der Waals surface area (Å²) in [6, 6.07) is 18.3. The Bertz CT molecular complexity index is 1220. The van der Waals surface area contributed by atoms with Crippen molar-refractivity contribution in [1.82, 2.24) is 5.06 Å². The minimum absolute atomic E-state index is 0.168. The topological polar surface area (TPSA) is 38.8 Å². The first-order valence-electron chi connectivity index (χ1n) is 11.0. The van der Waals surface area contributed by atoms with E-state index in [4.69, 9.17) is 9.57 Å². The van der Waals surface area contributed by atoms with Crippen LogP contribution in [0.25, 0.3) is 16.0 Å². The molecule has 0 spiro atoms. The van der Waals surface area contributed by atoms with E-state index in [-0.39, 0.29) is 11.6 Å². The number of methoxy groups -OCH3 is 1. The lowest BCUT2D eigenvalue weighted by Gasteiger charge is -2.35. The average molecular weight is 446 g/mol. The molecule has 0 aromatic heterocycles. The molecule has 0 bridgehead atoms. The summed E-state index contributed by atoms with van der Waals surface area (Å²) in [5, 5.41) is 4.72. The fraction of sp³-hybridized carbons (Fsp3) is 0.333. The highest BCUT2D eigenvalue weighted by atomic mass is 28.3. The summed E-state index contributed by atoms with van der Waals surface area (Å²) in [5.41, 5.74) is 2.67. The van der Waals surface area contributed by atoms with Crippen molar-refractivity contribution < 1.29 is 14.4 Å². The van der Waals surface area contributed by atoms with E-state index in [0.717, 1.165) is 38.4 Å². The zero-order valence-corrected chi connectivity index (χ0v) is 20.9. The van der Waals surface area contributed by atoms with E-state index >= 15 is 0 Å². The molecule has 0 saturated heterocycles. The van der Waals surface area contributed by atoms with Crippen molar-refractivity contribution in [2.45, 2.75) is 52.0 Å². The van der Waals surface area contributed by atoms with Gasteiger partial charge in [0.1, 0.15) is 17.7 Å². The first-order valence-corrected chi connectivity index (χ1v) is 14.5. The molecule has 0 radical (unpaired) electrons. The van der Waals surface area contributed by atoms with E-state index in [9.17, 15) is 4.79 Å². The molecular weight excluding hydrogens is 414 g/mol. The van der Waals surface area contributed by atoms with Gasteiger partial charge in [-0.3, -0.25) is 0 Å². The molecule has 3 aromatic carbocycles. The van der Waals surface area contributed by atoms with Gasteiger partial charge < -0.3 is 9.57 Å². The summed E-state index contributed by atoms with van der Waals surface area (Å²) in [7, 11) is -0.338. The summed E-state index contributed by atoms with van der Waals surface area (Å²) < 4.78 is 6.10. The largest absolute Gasteiger partial charge is 0.496 e. The predicted molar refractivity (Wildman–Crippen MR) is 133 cm³/mol. The van der Waals surface area contributed by atoms with Crippen molar-refractivity contribution in [3.8, 4) is 11.5 Å². The molecule has 4 nitrogen and oxygen atoms in total. The Morgan fingerprint density at radius 2 is 1.59 bits per heavy atom. The van der Waals surface area contributed by atoms with Gasteiger partial charge in [0, 0.05) is 21.7 Å². The van der Waals surface area contributed by atoms with Gasteiger partial charge in [0.15, 0.2) is 5.75 Å². The van der Waals surface area contributed by atoms with Crippen LogP contribution in [0.3, 0.4) is 0 Å². The van der Waals surface area contributed by atoms with Crippen molar-refractivity contribution in [1.29, 1.82) is 0 Å². The molecule has 1 unspecified atom stereocenters. The summed E-state index contributed by atoms with van der Waals surface area (Å²) in [4.78, 5) is 18.9. The second-order valence-electron chi connectivity index (χ2n) is 10.3. The third-order valence-corrected chi connectivity index (χ3v) is 7.79. The highest BCUT2D eigenvalue weighted by Crippen LogP contribution is 2.55. The van der Waals surface area contributed by atoms with Crippen LogP contribution in [0.4, 0.5) is 0 Å². The van der Waals surface area contributed by atoms with Gasteiger partial charge in [0.2, 0.25) is 0 Å². The van der Waals surface area contributed by atoms with Gasteiger partial charge in [-0.05, 0) is 31.7 Å². The van der Waals surface area contributed by atoms with Crippen LogP contribution in [0.2, 0.25) is 19.6 Å². The number of nitrogens with zero attached hydrogens (tertiary/aromatic N) is 1. The van der Waals surface area contributed by atoms with Gasteiger partial charge in [-0.25, -0.2) is 4.79 Å². The van der Waals surface area contributed by atoms with Crippen molar-refractivity contribution >= 4 is 30.0 Å². The molecule has 0 saturated carbocycles. The Balaban J connectivity index is 2.17. The quantitative estimate of drug-likeness (QED) is 0.342. The maximum Gasteiger partial charge on any atom is 0.164 e. The SMILES string of the molecule is COc1c2c(c3ccccc3c1C(=C=O)[Si](C)(C)C)ON(C(C)(C)C)C2c1ccccc1. The van der Waals surface area contributed by atoms with Gasteiger partial charge in [-0.1, -0.05) is 74.2 Å². The highest BCUT2D eigenvalue weighted by molar-refractivity contribution is 6.95. The average Bonchev–Trinajstić information content (AvgIpc) is 3.15. The molecule has 0 N–H and O–H groups in total. The van der Waals surface area contributed by atoms with Gasteiger partial charge in [0.25, 0.3) is 0 Å². The number of benzene rings is 3. The molecule has 1 atom stereocenters. The van der Waals surface area contributed by atoms with Crippen molar-refractivity contribution in [2.24, 2.45) is 0 Å². The zero-order valence-electron chi connectivity index (χ0n) is 19.9. The van der Waals surface area contributed by atoms with Crippen molar-refractivity contribution in [2.75, 3.05) is 7.11 Å². The molecule has 32 heavy (non-hydrogen) atoms. The smallest absolute Gasteiger partial charge is 0.164 e. The Morgan fingerprint density at radius 3 is 2.12 bits per heavy atom. The highest BCUT2D eigenvalue weighted by Gasteiger charge is 2.45. The van der Waals surface area contributed by atoms with Crippen LogP contribution in [-0.4, -0.2) is 31.7 Å². The maximum absolute atomic E-state index is 12.3. The number of hydrogen-bond donors (Lipinski definition) is 0. The molecule has 3 aromatic rings. The van der Waals surface area contributed by atoms with Gasteiger partial charge in [-0.15, -0.1) is 5.06 Å².